The fourth-order valence-corrected chi connectivity index (χ4v) is 2.76. The van der Waals surface area contributed by atoms with Gasteiger partial charge in [0.1, 0.15) is 0 Å². The van der Waals surface area contributed by atoms with E-state index >= 15 is 0 Å². The van der Waals surface area contributed by atoms with Gasteiger partial charge in [-0.15, -0.1) is 0 Å². The van der Waals surface area contributed by atoms with Gasteiger partial charge < -0.3 is 5.32 Å². The van der Waals surface area contributed by atoms with E-state index < -0.39 is 0 Å². The molecule has 0 aliphatic carbocycles. The largest absolute Gasteiger partial charge is 0.378 e. The van der Waals surface area contributed by atoms with Crippen molar-refractivity contribution in [3.05, 3.63) is 64.2 Å². The van der Waals surface area contributed by atoms with E-state index in [0.717, 1.165) is 11.4 Å². The van der Waals surface area contributed by atoms with Crippen LogP contribution in [0.25, 0.3) is 0 Å². The van der Waals surface area contributed by atoms with Crippen LogP contribution in [0.5, 0.6) is 0 Å². The molecular weight excluding hydrogens is 230 g/mol. The minimum Gasteiger partial charge on any atom is -0.378 e. The fraction of sp³-hybridized carbons (Fsp3) is 0.200. The van der Waals surface area contributed by atoms with E-state index in [0.29, 0.717) is 6.04 Å². The summed E-state index contributed by atoms with van der Waals surface area (Å²) in [6.45, 7) is 2.15. The van der Waals surface area contributed by atoms with E-state index in [9.17, 15) is 0 Å². The monoisotopic (exact) mass is 243 g/mol. The second-order valence-electron chi connectivity index (χ2n) is 4.52. The quantitative estimate of drug-likeness (QED) is 0.785. The third-order valence-electron chi connectivity index (χ3n) is 3.42. The molecule has 0 fully saturated rings. The molecule has 1 aliphatic heterocycles. The Labute approximate surface area is 106 Å². The Morgan fingerprint density at radius 2 is 1.94 bits per heavy atom. The molecule has 2 aromatic rings. The predicted octanol–water partition coefficient (Wildman–Crippen LogP) is 4.36. The first-order valence-electron chi connectivity index (χ1n) is 5.85. The number of hydrogen-bond acceptors (Lipinski definition) is 1. The lowest BCUT2D eigenvalue weighted by atomic mass is 9.99. The highest BCUT2D eigenvalue weighted by Gasteiger charge is 2.24. The highest BCUT2D eigenvalue weighted by atomic mass is 35.5. The molecule has 1 unspecified atom stereocenters. The third-order valence-corrected chi connectivity index (χ3v) is 3.77. The number of fused-ring (bicyclic) bond motifs is 1. The van der Waals surface area contributed by atoms with Crippen molar-refractivity contribution in [1.29, 1.82) is 0 Å². The van der Waals surface area contributed by atoms with Crippen LogP contribution >= 0.6 is 11.6 Å². The molecule has 0 radical (unpaired) electrons. The van der Waals surface area contributed by atoms with E-state index in [1.54, 1.807) is 0 Å². The fourth-order valence-electron chi connectivity index (χ4n) is 2.51. The zero-order valence-corrected chi connectivity index (χ0v) is 10.5. The predicted molar refractivity (Wildman–Crippen MR) is 72.7 cm³/mol. The van der Waals surface area contributed by atoms with Gasteiger partial charge in [-0.25, -0.2) is 0 Å². The van der Waals surface area contributed by atoms with Gasteiger partial charge in [-0.05, 0) is 35.7 Å². The van der Waals surface area contributed by atoms with Gasteiger partial charge in [0, 0.05) is 17.1 Å². The molecule has 1 aliphatic rings. The van der Waals surface area contributed by atoms with Gasteiger partial charge >= 0.3 is 0 Å². The maximum atomic E-state index is 6.22. The Bertz CT molecular complexity index is 563. The summed E-state index contributed by atoms with van der Waals surface area (Å²) in [5.74, 6) is 0. The van der Waals surface area contributed by atoms with E-state index in [1.165, 1.54) is 22.4 Å². The normalized spacial score (nSPS) is 17.6. The van der Waals surface area contributed by atoms with Crippen LogP contribution in [0.1, 0.15) is 22.7 Å². The van der Waals surface area contributed by atoms with Crippen molar-refractivity contribution in [2.75, 3.05) is 5.32 Å². The van der Waals surface area contributed by atoms with Gasteiger partial charge in [0.2, 0.25) is 0 Å². The second-order valence-corrected chi connectivity index (χ2v) is 4.93. The summed E-state index contributed by atoms with van der Waals surface area (Å²) in [5, 5.41) is 4.41. The molecule has 0 saturated heterocycles. The standard InChI is InChI=1S/C15H14ClN/c1-10-5-2-3-6-11(10)15-9-12-13(16)7-4-8-14(12)17-15/h2-8,15,17H,9H2,1H3. The maximum Gasteiger partial charge on any atom is 0.0558 e. The van der Waals surface area contributed by atoms with Gasteiger partial charge in [-0.3, -0.25) is 0 Å². The van der Waals surface area contributed by atoms with Gasteiger partial charge in [0.05, 0.1) is 6.04 Å². The van der Waals surface area contributed by atoms with Crippen molar-refractivity contribution in [3.63, 3.8) is 0 Å². The minimum absolute atomic E-state index is 0.353. The van der Waals surface area contributed by atoms with Crippen molar-refractivity contribution in [1.82, 2.24) is 0 Å². The van der Waals surface area contributed by atoms with Crippen LogP contribution in [0.2, 0.25) is 5.02 Å². The summed E-state index contributed by atoms with van der Waals surface area (Å²) >= 11 is 6.22. The number of rotatable bonds is 1. The molecule has 1 heterocycles. The first-order valence-corrected chi connectivity index (χ1v) is 6.23. The lowest BCUT2D eigenvalue weighted by Crippen LogP contribution is -2.07. The molecule has 0 aromatic heterocycles. The van der Waals surface area contributed by atoms with Gasteiger partial charge in [0.25, 0.3) is 0 Å². The molecule has 86 valence electrons. The van der Waals surface area contributed by atoms with Crippen LogP contribution in [-0.2, 0) is 6.42 Å². The number of nitrogens with one attached hydrogen (secondary N) is 1. The first kappa shape index (κ1) is 10.7. The lowest BCUT2D eigenvalue weighted by molar-refractivity contribution is 0.816. The van der Waals surface area contributed by atoms with E-state index in [1.807, 2.05) is 12.1 Å². The van der Waals surface area contributed by atoms with Crippen molar-refractivity contribution < 1.29 is 0 Å². The van der Waals surface area contributed by atoms with Gasteiger partial charge in [-0.2, -0.15) is 0 Å². The summed E-state index contributed by atoms with van der Waals surface area (Å²) in [6.07, 6.45) is 0.972. The number of benzene rings is 2. The molecule has 0 amide bonds. The average molecular weight is 244 g/mol. The molecule has 2 heteroatoms. The maximum absolute atomic E-state index is 6.22. The van der Waals surface area contributed by atoms with Crippen molar-refractivity contribution in [2.45, 2.75) is 19.4 Å². The molecule has 3 rings (SSSR count). The number of aryl methyl sites for hydroxylation is 1. The lowest BCUT2D eigenvalue weighted by Gasteiger charge is -2.14. The Kier molecular flexibility index (Phi) is 2.56. The van der Waals surface area contributed by atoms with E-state index in [2.05, 4.69) is 42.6 Å². The zero-order valence-electron chi connectivity index (χ0n) is 9.70. The number of halogens is 1. The molecule has 1 N–H and O–H groups in total. The summed E-state index contributed by atoms with van der Waals surface area (Å²) in [7, 11) is 0. The van der Waals surface area contributed by atoms with Crippen molar-refractivity contribution in [3.8, 4) is 0 Å². The molecule has 0 spiro atoms. The summed E-state index contributed by atoms with van der Waals surface area (Å²) in [6, 6.07) is 14.9. The molecule has 2 aromatic carbocycles. The Balaban J connectivity index is 1.97. The second kappa shape index (κ2) is 4.08. The molecule has 17 heavy (non-hydrogen) atoms. The van der Waals surface area contributed by atoms with Crippen LogP contribution in [0.15, 0.2) is 42.5 Å². The third kappa shape index (κ3) is 1.81. The Morgan fingerprint density at radius 1 is 1.12 bits per heavy atom. The van der Waals surface area contributed by atoms with Crippen molar-refractivity contribution in [2.24, 2.45) is 0 Å². The van der Waals surface area contributed by atoms with Gasteiger partial charge in [-0.1, -0.05) is 41.9 Å². The van der Waals surface area contributed by atoms with Crippen LogP contribution in [0.3, 0.4) is 0 Å². The summed E-state index contributed by atoms with van der Waals surface area (Å²) in [5.41, 5.74) is 5.10. The average Bonchev–Trinajstić information content (AvgIpc) is 2.75. The highest BCUT2D eigenvalue weighted by Crippen LogP contribution is 2.38. The molecule has 0 bridgehead atoms. The van der Waals surface area contributed by atoms with E-state index in [-0.39, 0.29) is 0 Å². The molecule has 1 nitrogen and oxygen atoms in total. The summed E-state index contributed by atoms with van der Waals surface area (Å²) in [4.78, 5) is 0. The summed E-state index contributed by atoms with van der Waals surface area (Å²) < 4.78 is 0. The van der Waals surface area contributed by atoms with Crippen LogP contribution in [0, 0.1) is 6.92 Å². The number of anilines is 1. The molecule has 1 atom stereocenters. The molecular formula is C15H14ClN. The Morgan fingerprint density at radius 3 is 2.71 bits per heavy atom. The zero-order chi connectivity index (χ0) is 11.8. The highest BCUT2D eigenvalue weighted by molar-refractivity contribution is 6.31. The molecule has 0 saturated carbocycles. The number of hydrogen-bond donors (Lipinski definition) is 1. The topological polar surface area (TPSA) is 12.0 Å². The van der Waals surface area contributed by atoms with Crippen LogP contribution in [0.4, 0.5) is 5.69 Å². The van der Waals surface area contributed by atoms with E-state index in [4.69, 9.17) is 11.6 Å². The Hall–Kier alpha value is -1.47. The SMILES string of the molecule is Cc1ccccc1C1Cc2c(Cl)cccc2N1. The van der Waals surface area contributed by atoms with Gasteiger partial charge in [0.15, 0.2) is 0 Å². The van der Waals surface area contributed by atoms with Crippen molar-refractivity contribution >= 4 is 17.3 Å². The first-order chi connectivity index (χ1) is 8.25. The smallest absolute Gasteiger partial charge is 0.0558 e. The van der Waals surface area contributed by atoms with Crippen LogP contribution in [-0.4, -0.2) is 0 Å². The van der Waals surface area contributed by atoms with Crippen LogP contribution < -0.4 is 5.32 Å². The minimum atomic E-state index is 0.353.